The maximum absolute atomic E-state index is 9.50. The highest BCUT2D eigenvalue weighted by Gasteiger charge is 2.14. The van der Waals surface area contributed by atoms with E-state index in [4.69, 9.17) is 30.5 Å². The lowest BCUT2D eigenvalue weighted by atomic mass is 10.2. The van der Waals surface area contributed by atoms with Crippen LogP contribution in [0.2, 0.25) is 5.02 Å². The molecule has 0 spiro atoms. The average Bonchev–Trinajstić information content (AvgIpc) is 2.77. The van der Waals surface area contributed by atoms with Crippen molar-refractivity contribution in [1.82, 2.24) is 0 Å². The van der Waals surface area contributed by atoms with Gasteiger partial charge in [0.2, 0.25) is 0 Å². The molecule has 152 valence electrons. The SMILES string of the molecule is COc1ccc(COc2cc(CO)cc(Cl)c2OCc2ccc(OC)cc2)cc1. The van der Waals surface area contributed by atoms with Gasteiger partial charge in [0, 0.05) is 0 Å². The van der Waals surface area contributed by atoms with Crippen molar-refractivity contribution in [3.63, 3.8) is 0 Å². The summed E-state index contributed by atoms with van der Waals surface area (Å²) in [4.78, 5) is 0. The molecule has 0 amide bonds. The van der Waals surface area contributed by atoms with E-state index in [0.29, 0.717) is 35.3 Å². The van der Waals surface area contributed by atoms with Crippen LogP contribution in [-0.2, 0) is 19.8 Å². The maximum atomic E-state index is 9.50. The van der Waals surface area contributed by atoms with E-state index in [2.05, 4.69) is 0 Å². The minimum Gasteiger partial charge on any atom is -0.497 e. The fourth-order valence-corrected chi connectivity index (χ4v) is 3.01. The molecule has 3 aromatic carbocycles. The van der Waals surface area contributed by atoms with Gasteiger partial charge in [-0.2, -0.15) is 0 Å². The van der Waals surface area contributed by atoms with Gasteiger partial charge in [0.25, 0.3) is 0 Å². The Morgan fingerprint density at radius 3 is 1.72 bits per heavy atom. The molecule has 0 fully saturated rings. The summed E-state index contributed by atoms with van der Waals surface area (Å²) in [5.41, 5.74) is 2.59. The van der Waals surface area contributed by atoms with Gasteiger partial charge in [0.05, 0.1) is 25.8 Å². The molecule has 6 heteroatoms. The Kier molecular flexibility index (Phi) is 7.22. The van der Waals surface area contributed by atoms with Gasteiger partial charge < -0.3 is 24.1 Å². The predicted octanol–water partition coefficient (Wildman–Crippen LogP) is 5.01. The molecule has 0 aliphatic rings. The molecule has 0 saturated carbocycles. The zero-order valence-corrected chi connectivity index (χ0v) is 17.1. The second kappa shape index (κ2) is 10.0. The number of rotatable bonds is 9. The molecule has 0 unspecified atom stereocenters. The van der Waals surface area contributed by atoms with Crippen molar-refractivity contribution in [1.29, 1.82) is 0 Å². The highest BCUT2D eigenvalue weighted by Crippen LogP contribution is 2.38. The van der Waals surface area contributed by atoms with Crippen molar-refractivity contribution >= 4 is 11.6 Å². The first-order valence-corrected chi connectivity index (χ1v) is 9.45. The van der Waals surface area contributed by atoms with Crippen LogP contribution in [0, 0.1) is 0 Å². The zero-order valence-electron chi connectivity index (χ0n) is 16.4. The standard InChI is InChI=1S/C23H23ClO5/c1-26-19-7-3-16(4-8-19)14-28-22-12-18(13-25)11-21(24)23(22)29-15-17-5-9-20(27-2)10-6-17/h3-12,25H,13-15H2,1-2H3. The molecule has 0 atom stereocenters. The summed E-state index contributed by atoms with van der Waals surface area (Å²) in [6.07, 6.45) is 0. The van der Waals surface area contributed by atoms with E-state index in [1.165, 1.54) is 0 Å². The normalized spacial score (nSPS) is 10.5. The van der Waals surface area contributed by atoms with E-state index >= 15 is 0 Å². The van der Waals surface area contributed by atoms with Crippen LogP contribution in [0.3, 0.4) is 0 Å². The summed E-state index contributed by atoms with van der Waals surface area (Å²) in [5.74, 6) is 2.48. The van der Waals surface area contributed by atoms with Gasteiger partial charge in [-0.3, -0.25) is 0 Å². The van der Waals surface area contributed by atoms with Gasteiger partial charge in [0.1, 0.15) is 24.7 Å². The molecule has 0 aromatic heterocycles. The van der Waals surface area contributed by atoms with E-state index in [9.17, 15) is 5.11 Å². The molecule has 5 nitrogen and oxygen atoms in total. The van der Waals surface area contributed by atoms with Crippen molar-refractivity contribution in [3.05, 3.63) is 82.4 Å². The molecule has 3 rings (SSSR count). The van der Waals surface area contributed by atoms with E-state index < -0.39 is 0 Å². The van der Waals surface area contributed by atoms with Crippen molar-refractivity contribution < 1.29 is 24.1 Å². The third-order valence-electron chi connectivity index (χ3n) is 4.35. The Morgan fingerprint density at radius 1 is 0.724 bits per heavy atom. The molecule has 0 heterocycles. The van der Waals surface area contributed by atoms with Crippen LogP contribution in [0.15, 0.2) is 60.7 Å². The monoisotopic (exact) mass is 414 g/mol. The number of halogens is 1. The van der Waals surface area contributed by atoms with E-state index in [1.54, 1.807) is 26.4 Å². The first-order chi connectivity index (χ1) is 14.1. The molecule has 0 bridgehead atoms. The molecule has 3 aromatic rings. The molecule has 0 saturated heterocycles. The van der Waals surface area contributed by atoms with Gasteiger partial charge in [-0.1, -0.05) is 35.9 Å². The molecule has 0 aliphatic heterocycles. The fourth-order valence-electron chi connectivity index (χ4n) is 2.72. The van der Waals surface area contributed by atoms with Gasteiger partial charge in [-0.25, -0.2) is 0 Å². The summed E-state index contributed by atoms with van der Waals surface area (Å²) < 4.78 is 22.3. The lowest BCUT2D eigenvalue weighted by molar-refractivity contribution is 0.252. The van der Waals surface area contributed by atoms with Crippen molar-refractivity contribution in [2.75, 3.05) is 14.2 Å². The van der Waals surface area contributed by atoms with Gasteiger partial charge in [-0.15, -0.1) is 0 Å². The smallest absolute Gasteiger partial charge is 0.180 e. The highest BCUT2D eigenvalue weighted by molar-refractivity contribution is 6.32. The molecule has 0 aliphatic carbocycles. The first-order valence-electron chi connectivity index (χ1n) is 9.07. The second-order valence-corrected chi connectivity index (χ2v) is 6.74. The molecular weight excluding hydrogens is 392 g/mol. The molecule has 29 heavy (non-hydrogen) atoms. The zero-order chi connectivity index (χ0) is 20.6. The van der Waals surface area contributed by atoms with Crippen molar-refractivity contribution in [3.8, 4) is 23.0 Å². The van der Waals surface area contributed by atoms with Crippen LogP contribution < -0.4 is 18.9 Å². The Morgan fingerprint density at radius 2 is 1.24 bits per heavy atom. The van der Waals surface area contributed by atoms with Crippen LogP contribution in [0.25, 0.3) is 0 Å². The number of hydrogen-bond acceptors (Lipinski definition) is 5. The van der Waals surface area contributed by atoms with Gasteiger partial charge >= 0.3 is 0 Å². The largest absolute Gasteiger partial charge is 0.497 e. The summed E-state index contributed by atoms with van der Waals surface area (Å²) in [6.45, 7) is 0.507. The number of methoxy groups -OCH3 is 2. The van der Waals surface area contributed by atoms with Gasteiger partial charge in [-0.05, 0) is 53.1 Å². The summed E-state index contributed by atoms with van der Waals surface area (Å²) in [7, 11) is 3.25. The second-order valence-electron chi connectivity index (χ2n) is 6.34. The summed E-state index contributed by atoms with van der Waals surface area (Å²) in [6, 6.07) is 18.6. The number of hydrogen-bond donors (Lipinski definition) is 1. The quantitative estimate of drug-likeness (QED) is 0.533. The number of ether oxygens (including phenoxy) is 4. The number of aliphatic hydroxyl groups is 1. The van der Waals surface area contributed by atoms with Crippen molar-refractivity contribution in [2.45, 2.75) is 19.8 Å². The van der Waals surface area contributed by atoms with Crippen LogP contribution >= 0.6 is 11.6 Å². The van der Waals surface area contributed by atoms with E-state index in [-0.39, 0.29) is 6.61 Å². The highest BCUT2D eigenvalue weighted by atomic mass is 35.5. The number of benzene rings is 3. The van der Waals surface area contributed by atoms with Gasteiger partial charge in [0.15, 0.2) is 11.5 Å². The number of aliphatic hydroxyl groups excluding tert-OH is 1. The minimum absolute atomic E-state index is 0.141. The van der Waals surface area contributed by atoms with Crippen molar-refractivity contribution in [2.24, 2.45) is 0 Å². The Bertz CT molecular complexity index is 923. The summed E-state index contributed by atoms with van der Waals surface area (Å²) >= 11 is 6.40. The van der Waals surface area contributed by atoms with Crippen LogP contribution in [-0.4, -0.2) is 19.3 Å². The molecule has 0 radical (unpaired) electrons. The Hall–Kier alpha value is -2.89. The Labute approximate surface area is 175 Å². The Balaban J connectivity index is 1.75. The minimum atomic E-state index is -0.141. The first kappa shape index (κ1) is 20.8. The lowest BCUT2D eigenvalue weighted by Gasteiger charge is -2.16. The van der Waals surface area contributed by atoms with Crippen LogP contribution in [0.1, 0.15) is 16.7 Å². The summed E-state index contributed by atoms with van der Waals surface area (Å²) in [5, 5.41) is 9.88. The van der Waals surface area contributed by atoms with Crippen LogP contribution in [0.4, 0.5) is 0 Å². The molecule has 1 N–H and O–H groups in total. The maximum Gasteiger partial charge on any atom is 0.180 e. The average molecular weight is 415 g/mol. The topological polar surface area (TPSA) is 57.2 Å². The lowest BCUT2D eigenvalue weighted by Crippen LogP contribution is -2.02. The third-order valence-corrected chi connectivity index (χ3v) is 4.63. The predicted molar refractivity (Wildman–Crippen MR) is 112 cm³/mol. The third kappa shape index (κ3) is 5.56. The van der Waals surface area contributed by atoms with E-state index in [1.807, 2.05) is 48.5 Å². The molecular formula is C23H23ClO5. The fraction of sp³-hybridized carbons (Fsp3) is 0.217. The van der Waals surface area contributed by atoms with Crippen LogP contribution in [0.5, 0.6) is 23.0 Å². The van der Waals surface area contributed by atoms with E-state index in [0.717, 1.165) is 22.6 Å².